The number of rotatable bonds is 4. The fourth-order valence-electron chi connectivity index (χ4n) is 3.51. The Kier molecular flexibility index (Phi) is 4.87. The average Bonchev–Trinajstić information content (AvgIpc) is 2.57. The van der Waals surface area contributed by atoms with E-state index >= 15 is 0 Å². The van der Waals surface area contributed by atoms with Gasteiger partial charge in [-0.25, -0.2) is 0 Å². The molecule has 130 valence electrons. The lowest BCUT2D eigenvalue weighted by molar-refractivity contribution is -0.201. The van der Waals surface area contributed by atoms with Gasteiger partial charge in [0, 0.05) is 20.0 Å². The van der Waals surface area contributed by atoms with E-state index in [0.29, 0.717) is 32.7 Å². The molecule has 1 aromatic carbocycles. The first-order chi connectivity index (χ1) is 11.5. The molecule has 1 spiro atoms. The molecule has 0 saturated carbocycles. The summed E-state index contributed by atoms with van der Waals surface area (Å²) in [4.78, 5) is 28.0. The molecule has 1 N–H and O–H groups in total. The SMILES string of the molecule is CNC(=O)[C@H]1COC2(CN(C(=O)CCc3ccccc3)C2)CN1C. The van der Waals surface area contributed by atoms with E-state index in [1.807, 2.05) is 47.2 Å². The number of carbonyl (C=O) groups excluding carboxylic acids is 2. The molecule has 2 heterocycles. The van der Waals surface area contributed by atoms with Crippen LogP contribution in [0.5, 0.6) is 0 Å². The Bertz CT molecular complexity index is 599. The van der Waals surface area contributed by atoms with E-state index in [1.54, 1.807) is 7.05 Å². The Morgan fingerprint density at radius 1 is 1.25 bits per heavy atom. The topological polar surface area (TPSA) is 61.9 Å². The van der Waals surface area contributed by atoms with Crippen LogP contribution in [-0.4, -0.2) is 73.6 Å². The van der Waals surface area contributed by atoms with E-state index in [1.165, 1.54) is 5.56 Å². The van der Waals surface area contributed by atoms with Crippen LogP contribution >= 0.6 is 0 Å². The first-order valence-corrected chi connectivity index (χ1v) is 8.40. The lowest BCUT2D eigenvalue weighted by atomic mass is 9.90. The molecule has 1 atom stereocenters. The lowest BCUT2D eigenvalue weighted by Gasteiger charge is -2.54. The molecular weight excluding hydrogens is 306 g/mol. The summed E-state index contributed by atoms with van der Waals surface area (Å²) in [5, 5.41) is 2.66. The summed E-state index contributed by atoms with van der Waals surface area (Å²) >= 11 is 0. The third-order valence-corrected chi connectivity index (χ3v) is 4.95. The van der Waals surface area contributed by atoms with Crippen LogP contribution < -0.4 is 5.32 Å². The van der Waals surface area contributed by atoms with Crippen molar-refractivity contribution < 1.29 is 14.3 Å². The maximum absolute atomic E-state index is 12.3. The van der Waals surface area contributed by atoms with Gasteiger partial charge in [-0.15, -0.1) is 0 Å². The maximum Gasteiger partial charge on any atom is 0.239 e. The molecule has 2 fully saturated rings. The lowest BCUT2D eigenvalue weighted by Crippen LogP contribution is -2.73. The molecule has 2 amide bonds. The molecule has 0 unspecified atom stereocenters. The zero-order chi connectivity index (χ0) is 17.2. The highest BCUT2D eigenvalue weighted by atomic mass is 16.5. The molecule has 6 heteroatoms. The van der Waals surface area contributed by atoms with Crippen molar-refractivity contribution in [1.29, 1.82) is 0 Å². The fourth-order valence-corrected chi connectivity index (χ4v) is 3.51. The van der Waals surface area contributed by atoms with Gasteiger partial charge in [0.1, 0.15) is 11.6 Å². The zero-order valence-corrected chi connectivity index (χ0v) is 14.3. The average molecular weight is 331 g/mol. The highest BCUT2D eigenvalue weighted by Gasteiger charge is 2.50. The minimum absolute atomic E-state index is 0.0255. The number of likely N-dealkylation sites (tertiary alicyclic amines) is 1. The number of benzene rings is 1. The van der Waals surface area contributed by atoms with E-state index in [4.69, 9.17) is 4.74 Å². The second kappa shape index (κ2) is 6.91. The van der Waals surface area contributed by atoms with Crippen molar-refractivity contribution in [1.82, 2.24) is 15.1 Å². The van der Waals surface area contributed by atoms with E-state index in [2.05, 4.69) is 5.32 Å². The molecule has 0 radical (unpaired) electrons. The van der Waals surface area contributed by atoms with Gasteiger partial charge < -0.3 is 15.0 Å². The standard InChI is InChI=1S/C18H25N3O3/c1-19-17(23)15-10-24-18(11-20(15)2)12-21(13-18)16(22)9-8-14-6-4-3-5-7-14/h3-7,15H,8-13H2,1-2H3,(H,19,23)/t15-/m1/s1. The number of hydrogen-bond donors (Lipinski definition) is 1. The van der Waals surface area contributed by atoms with Crippen LogP contribution in [0, 0.1) is 0 Å². The van der Waals surface area contributed by atoms with Crippen molar-refractivity contribution in [3.05, 3.63) is 35.9 Å². The normalized spacial score (nSPS) is 22.9. The minimum atomic E-state index is -0.304. The van der Waals surface area contributed by atoms with Crippen LogP contribution in [-0.2, 0) is 20.7 Å². The number of aryl methyl sites for hydroxylation is 1. The predicted molar refractivity (Wildman–Crippen MR) is 90.5 cm³/mol. The van der Waals surface area contributed by atoms with E-state index in [-0.39, 0.29) is 23.5 Å². The van der Waals surface area contributed by atoms with Gasteiger partial charge in [-0.1, -0.05) is 30.3 Å². The number of nitrogens with zero attached hydrogens (tertiary/aromatic N) is 2. The molecular formula is C18H25N3O3. The molecule has 0 bridgehead atoms. The Balaban J connectivity index is 1.47. The monoisotopic (exact) mass is 331 g/mol. The van der Waals surface area contributed by atoms with Gasteiger partial charge in [-0.2, -0.15) is 0 Å². The molecule has 24 heavy (non-hydrogen) atoms. The summed E-state index contributed by atoms with van der Waals surface area (Å²) in [6, 6.07) is 9.81. The van der Waals surface area contributed by atoms with Crippen molar-refractivity contribution in [2.75, 3.05) is 40.3 Å². The highest BCUT2D eigenvalue weighted by Crippen LogP contribution is 2.31. The first kappa shape index (κ1) is 16.9. The number of hydrogen-bond acceptors (Lipinski definition) is 4. The molecule has 6 nitrogen and oxygen atoms in total. The Labute approximate surface area is 142 Å². The van der Waals surface area contributed by atoms with E-state index < -0.39 is 0 Å². The number of nitrogens with one attached hydrogen (secondary N) is 1. The van der Waals surface area contributed by atoms with Crippen LogP contribution in [0.4, 0.5) is 0 Å². The van der Waals surface area contributed by atoms with Crippen LogP contribution in [0.25, 0.3) is 0 Å². The van der Waals surface area contributed by atoms with Crippen LogP contribution in [0.3, 0.4) is 0 Å². The smallest absolute Gasteiger partial charge is 0.239 e. The quantitative estimate of drug-likeness (QED) is 0.861. The summed E-state index contributed by atoms with van der Waals surface area (Å²) in [6.07, 6.45) is 1.29. The largest absolute Gasteiger partial charge is 0.368 e. The van der Waals surface area contributed by atoms with Crippen molar-refractivity contribution in [2.24, 2.45) is 0 Å². The Morgan fingerprint density at radius 3 is 2.58 bits per heavy atom. The Morgan fingerprint density at radius 2 is 1.96 bits per heavy atom. The maximum atomic E-state index is 12.3. The Hall–Kier alpha value is -1.92. The fraction of sp³-hybridized carbons (Fsp3) is 0.556. The highest BCUT2D eigenvalue weighted by molar-refractivity contribution is 5.82. The van der Waals surface area contributed by atoms with Gasteiger partial charge in [-0.3, -0.25) is 14.5 Å². The van der Waals surface area contributed by atoms with Gasteiger partial charge in [0.2, 0.25) is 11.8 Å². The molecule has 2 saturated heterocycles. The molecule has 2 aliphatic heterocycles. The molecule has 0 aliphatic carbocycles. The summed E-state index contributed by atoms with van der Waals surface area (Å²) in [5.41, 5.74) is 0.880. The van der Waals surface area contributed by atoms with Gasteiger partial charge in [0.15, 0.2) is 0 Å². The molecule has 1 aromatic rings. The van der Waals surface area contributed by atoms with Gasteiger partial charge in [0.25, 0.3) is 0 Å². The van der Waals surface area contributed by atoms with Gasteiger partial charge >= 0.3 is 0 Å². The zero-order valence-electron chi connectivity index (χ0n) is 14.3. The molecule has 0 aromatic heterocycles. The number of morpholine rings is 1. The van der Waals surface area contributed by atoms with Crippen molar-refractivity contribution in [3.8, 4) is 0 Å². The number of carbonyl (C=O) groups is 2. The number of ether oxygens (including phenoxy) is 1. The molecule has 2 aliphatic rings. The third-order valence-electron chi connectivity index (χ3n) is 4.95. The summed E-state index contributed by atoms with van der Waals surface area (Å²) in [7, 11) is 3.57. The molecule has 3 rings (SSSR count). The van der Waals surface area contributed by atoms with E-state index in [0.717, 1.165) is 6.42 Å². The first-order valence-electron chi connectivity index (χ1n) is 8.40. The van der Waals surface area contributed by atoms with Crippen molar-refractivity contribution in [3.63, 3.8) is 0 Å². The minimum Gasteiger partial charge on any atom is -0.368 e. The van der Waals surface area contributed by atoms with Crippen LogP contribution in [0.15, 0.2) is 30.3 Å². The van der Waals surface area contributed by atoms with Crippen LogP contribution in [0.2, 0.25) is 0 Å². The second-order valence-corrected chi connectivity index (χ2v) is 6.77. The van der Waals surface area contributed by atoms with Crippen LogP contribution in [0.1, 0.15) is 12.0 Å². The van der Waals surface area contributed by atoms with Gasteiger partial charge in [0.05, 0.1) is 19.7 Å². The van der Waals surface area contributed by atoms with Gasteiger partial charge in [-0.05, 0) is 19.0 Å². The predicted octanol–water partition coefficient (Wildman–Crippen LogP) is 0.277. The summed E-state index contributed by atoms with van der Waals surface area (Å²) < 4.78 is 5.95. The van der Waals surface area contributed by atoms with E-state index in [9.17, 15) is 9.59 Å². The third kappa shape index (κ3) is 3.44. The van der Waals surface area contributed by atoms with Crippen molar-refractivity contribution in [2.45, 2.75) is 24.5 Å². The summed E-state index contributed by atoms with van der Waals surface area (Å²) in [5.74, 6) is 0.145. The van der Waals surface area contributed by atoms with Crippen molar-refractivity contribution >= 4 is 11.8 Å². The second-order valence-electron chi connectivity index (χ2n) is 6.77. The summed E-state index contributed by atoms with van der Waals surface area (Å²) in [6.45, 7) is 2.28. The number of amides is 2. The number of likely N-dealkylation sites (N-methyl/N-ethyl adjacent to an activating group) is 2.